The summed E-state index contributed by atoms with van der Waals surface area (Å²) in [6.45, 7) is 1.31. The van der Waals surface area contributed by atoms with Crippen LogP contribution in [0.4, 0.5) is 0 Å². The number of thiophene rings is 1. The minimum absolute atomic E-state index is 0.236. The predicted molar refractivity (Wildman–Crippen MR) is 86.0 cm³/mol. The Hall–Kier alpha value is -0.430. The van der Waals surface area contributed by atoms with Crippen LogP contribution in [0.5, 0.6) is 0 Å². The highest BCUT2D eigenvalue weighted by Crippen LogP contribution is 2.39. The molecule has 2 aliphatic rings. The Labute approximate surface area is 131 Å². The molecule has 1 saturated heterocycles. The molecule has 0 aromatic carbocycles. The van der Waals surface area contributed by atoms with Crippen molar-refractivity contribution in [1.29, 1.82) is 0 Å². The fraction of sp³-hybridized carbons (Fsp3) is 0.733. The molecule has 1 saturated carbocycles. The molecule has 4 nitrogen and oxygen atoms in total. The maximum atomic E-state index is 13.1. The van der Waals surface area contributed by atoms with Gasteiger partial charge in [-0.05, 0) is 50.1 Å². The summed E-state index contributed by atoms with van der Waals surface area (Å²) in [4.78, 5) is 1.45. The summed E-state index contributed by atoms with van der Waals surface area (Å²) < 4.78 is 28.0. The summed E-state index contributed by atoms with van der Waals surface area (Å²) in [5, 5.41) is 4.96. The molecule has 0 bridgehead atoms. The SMILES string of the molecule is CNCc1sccc1S(=O)(=O)N1CCCC2CCCCC21. The third-order valence-corrected chi connectivity index (χ3v) is 7.88. The quantitative estimate of drug-likeness (QED) is 0.924. The Morgan fingerprint density at radius 3 is 2.86 bits per heavy atom. The van der Waals surface area contributed by atoms with Gasteiger partial charge in [-0.25, -0.2) is 8.42 Å². The van der Waals surface area contributed by atoms with Crippen LogP contribution in [0.15, 0.2) is 16.3 Å². The highest BCUT2D eigenvalue weighted by molar-refractivity contribution is 7.89. The van der Waals surface area contributed by atoms with Gasteiger partial charge in [-0.2, -0.15) is 4.31 Å². The number of rotatable bonds is 4. The molecule has 2 atom stereocenters. The van der Waals surface area contributed by atoms with E-state index in [-0.39, 0.29) is 6.04 Å². The van der Waals surface area contributed by atoms with Crippen LogP contribution >= 0.6 is 11.3 Å². The van der Waals surface area contributed by atoms with Crippen LogP contribution in [0.1, 0.15) is 43.4 Å². The van der Waals surface area contributed by atoms with E-state index in [0.717, 1.165) is 17.7 Å². The maximum absolute atomic E-state index is 13.1. The molecular weight excluding hydrogens is 304 g/mol. The summed E-state index contributed by atoms with van der Waals surface area (Å²) in [6, 6.07) is 2.01. The zero-order valence-electron chi connectivity index (χ0n) is 12.5. The minimum Gasteiger partial charge on any atom is -0.315 e. The van der Waals surface area contributed by atoms with E-state index in [1.54, 1.807) is 6.07 Å². The van der Waals surface area contributed by atoms with Crippen LogP contribution in [-0.2, 0) is 16.6 Å². The summed E-state index contributed by atoms with van der Waals surface area (Å²) >= 11 is 1.53. The maximum Gasteiger partial charge on any atom is 0.244 e. The number of nitrogens with one attached hydrogen (secondary N) is 1. The Morgan fingerprint density at radius 1 is 1.29 bits per heavy atom. The first-order valence-corrected chi connectivity index (χ1v) is 10.2. The molecule has 2 unspecified atom stereocenters. The normalized spacial score (nSPS) is 27.5. The zero-order chi connectivity index (χ0) is 14.9. The molecule has 1 aliphatic carbocycles. The van der Waals surface area contributed by atoms with Gasteiger partial charge in [-0.3, -0.25) is 0 Å². The molecule has 2 heterocycles. The summed E-state index contributed by atoms with van der Waals surface area (Å²) in [5.74, 6) is 0.577. The number of nitrogens with zero attached hydrogens (tertiary/aromatic N) is 1. The first-order valence-electron chi connectivity index (χ1n) is 7.87. The standard InChI is InChI=1S/C15H24N2O2S2/c1-16-11-14-15(8-10-20-14)21(18,19)17-9-4-6-12-5-2-3-7-13(12)17/h8,10,12-13,16H,2-7,9,11H2,1H3. The molecule has 21 heavy (non-hydrogen) atoms. The van der Waals surface area contributed by atoms with Gasteiger partial charge in [0.1, 0.15) is 0 Å². The van der Waals surface area contributed by atoms with Gasteiger partial charge in [0.05, 0.1) is 4.90 Å². The number of piperidine rings is 1. The van der Waals surface area contributed by atoms with E-state index in [1.165, 1.54) is 37.0 Å². The molecule has 1 aliphatic heterocycles. The zero-order valence-corrected chi connectivity index (χ0v) is 14.2. The van der Waals surface area contributed by atoms with Crippen molar-refractivity contribution in [2.45, 2.75) is 56.0 Å². The number of hydrogen-bond acceptors (Lipinski definition) is 4. The number of sulfonamides is 1. The van der Waals surface area contributed by atoms with E-state index >= 15 is 0 Å². The second-order valence-corrected chi connectivity index (χ2v) is 8.97. The van der Waals surface area contributed by atoms with Crippen LogP contribution in [0, 0.1) is 5.92 Å². The van der Waals surface area contributed by atoms with Crippen molar-refractivity contribution in [3.8, 4) is 0 Å². The van der Waals surface area contributed by atoms with Crippen molar-refractivity contribution in [2.75, 3.05) is 13.6 Å². The molecule has 6 heteroatoms. The Bertz CT molecular complexity index is 580. The van der Waals surface area contributed by atoms with Crippen molar-refractivity contribution in [3.63, 3.8) is 0 Å². The Kier molecular flexibility index (Phi) is 4.69. The van der Waals surface area contributed by atoms with Gasteiger partial charge in [0.25, 0.3) is 0 Å². The van der Waals surface area contributed by atoms with Crippen LogP contribution in [0.2, 0.25) is 0 Å². The van der Waals surface area contributed by atoms with Crippen molar-refractivity contribution < 1.29 is 8.42 Å². The lowest BCUT2D eigenvalue weighted by Crippen LogP contribution is -2.49. The third-order valence-electron chi connectivity index (χ3n) is 4.82. The van der Waals surface area contributed by atoms with Crippen molar-refractivity contribution in [2.24, 2.45) is 5.92 Å². The fourth-order valence-electron chi connectivity index (χ4n) is 3.85. The Morgan fingerprint density at radius 2 is 2.05 bits per heavy atom. The van der Waals surface area contributed by atoms with Crippen LogP contribution < -0.4 is 5.32 Å². The van der Waals surface area contributed by atoms with E-state index in [2.05, 4.69) is 5.32 Å². The van der Waals surface area contributed by atoms with Gasteiger partial charge in [0.2, 0.25) is 10.0 Å². The van der Waals surface area contributed by atoms with Crippen molar-refractivity contribution in [1.82, 2.24) is 9.62 Å². The van der Waals surface area contributed by atoms with Crippen LogP contribution in [-0.4, -0.2) is 32.4 Å². The van der Waals surface area contributed by atoms with E-state index in [4.69, 9.17) is 0 Å². The summed E-state index contributed by atoms with van der Waals surface area (Å²) in [7, 11) is -1.48. The second kappa shape index (κ2) is 6.36. The lowest BCUT2D eigenvalue weighted by Gasteiger charge is -2.43. The highest BCUT2D eigenvalue weighted by atomic mass is 32.2. The van der Waals surface area contributed by atoms with Gasteiger partial charge in [-0.15, -0.1) is 11.3 Å². The van der Waals surface area contributed by atoms with E-state index in [0.29, 0.717) is 23.9 Å². The van der Waals surface area contributed by atoms with Crippen LogP contribution in [0.25, 0.3) is 0 Å². The topological polar surface area (TPSA) is 49.4 Å². The van der Waals surface area contributed by atoms with Crippen molar-refractivity contribution in [3.05, 3.63) is 16.3 Å². The molecule has 2 fully saturated rings. The Balaban J connectivity index is 1.91. The summed E-state index contributed by atoms with van der Waals surface area (Å²) in [5.41, 5.74) is 0. The molecule has 0 spiro atoms. The van der Waals surface area contributed by atoms with Crippen molar-refractivity contribution >= 4 is 21.4 Å². The number of hydrogen-bond donors (Lipinski definition) is 1. The first kappa shape index (κ1) is 15.5. The summed E-state index contributed by atoms with van der Waals surface area (Å²) in [6.07, 6.45) is 6.87. The molecule has 1 N–H and O–H groups in total. The van der Waals surface area contributed by atoms with E-state index in [9.17, 15) is 8.42 Å². The monoisotopic (exact) mass is 328 g/mol. The van der Waals surface area contributed by atoms with Gasteiger partial charge in [0, 0.05) is 24.0 Å². The first-order chi connectivity index (χ1) is 10.1. The molecule has 118 valence electrons. The average molecular weight is 329 g/mol. The van der Waals surface area contributed by atoms with Gasteiger partial charge in [0.15, 0.2) is 0 Å². The fourth-order valence-corrected chi connectivity index (χ4v) is 7.03. The molecule has 0 radical (unpaired) electrons. The molecule has 1 aromatic heterocycles. The minimum atomic E-state index is -3.34. The smallest absolute Gasteiger partial charge is 0.244 e. The lowest BCUT2D eigenvalue weighted by atomic mass is 9.79. The van der Waals surface area contributed by atoms with Gasteiger partial charge >= 0.3 is 0 Å². The van der Waals surface area contributed by atoms with Gasteiger partial charge < -0.3 is 5.32 Å². The van der Waals surface area contributed by atoms with Gasteiger partial charge in [-0.1, -0.05) is 12.8 Å². The predicted octanol–water partition coefficient (Wildman–Crippen LogP) is 2.81. The second-order valence-electron chi connectivity index (χ2n) is 6.11. The number of fused-ring (bicyclic) bond motifs is 1. The third kappa shape index (κ3) is 2.91. The molecule has 0 amide bonds. The highest BCUT2D eigenvalue weighted by Gasteiger charge is 2.40. The van der Waals surface area contributed by atoms with Crippen LogP contribution in [0.3, 0.4) is 0 Å². The largest absolute Gasteiger partial charge is 0.315 e. The average Bonchev–Trinajstić information content (AvgIpc) is 2.96. The molecule has 3 rings (SSSR count). The lowest BCUT2D eigenvalue weighted by molar-refractivity contribution is 0.129. The molecular formula is C15H24N2O2S2. The van der Waals surface area contributed by atoms with E-state index in [1.807, 2.05) is 16.7 Å². The van der Waals surface area contributed by atoms with E-state index < -0.39 is 10.0 Å². The molecule has 1 aromatic rings.